The first-order chi connectivity index (χ1) is 7.22. The normalized spacial score (nSPS) is 16.2. The van der Waals surface area contributed by atoms with Gasteiger partial charge in [-0.05, 0) is 5.92 Å². The van der Waals surface area contributed by atoms with Crippen molar-refractivity contribution in [3.8, 4) is 12.3 Å². The molecule has 0 unspecified atom stereocenters. The number of hydrogen-bond acceptors (Lipinski definition) is 2. The van der Waals surface area contributed by atoms with E-state index in [1.807, 2.05) is 0 Å². The third-order valence-electron chi connectivity index (χ3n) is 2.93. The molecule has 2 nitrogen and oxygen atoms in total. The molecule has 1 saturated carbocycles. The summed E-state index contributed by atoms with van der Waals surface area (Å²) in [5.41, 5.74) is 0. The van der Waals surface area contributed by atoms with Crippen LogP contribution in [0.15, 0.2) is 0 Å². The van der Waals surface area contributed by atoms with E-state index in [4.69, 9.17) is 6.42 Å². The molecule has 82 valence electrons. The number of carbonyl (C=O) groups excluding carboxylic acids is 2. The molecular formula is C13H18O2. The highest BCUT2D eigenvalue weighted by molar-refractivity contribution is 5.99. The average Bonchev–Trinajstić information content (AvgIpc) is 2.67. The Hall–Kier alpha value is -1.10. The number of rotatable bonds is 6. The standard InChI is InChI=1S/C13H18O2/c1-2-3-8-12(14)10-13(15)9-11-6-4-5-7-11/h1,11H,3-10H2. The topological polar surface area (TPSA) is 34.1 Å². The SMILES string of the molecule is C#CCCC(=O)CC(=O)CC1CCCC1. The van der Waals surface area contributed by atoms with Crippen molar-refractivity contribution < 1.29 is 9.59 Å². The van der Waals surface area contributed by atoms with Crippen LogP contribution in [0.3, 0.4) is 0 Å². The van der Waals surface area contributed by atoms with E-state index in [1.165, 1.54) is 12.8 Å². The Labute approximate surface area is 91.4 Å². The predicted molar refractivity (Wildman–Crippen MR) is 59.3 cm³/mol. The minimum absolute atomic E-state index is 0.00375. The third kappa shape index (κ3) is 4.78. The van der Waals surface area contributed by atoms with Gasteiger partial charge in [-0.25, -0.2) is 0 Å². The van der Waals surface area contributed by atoms with Gasteiger partial charge in [0.2, 0.25) is 0 Å². The Kier molecular flexibility index (Phi) is 5.10. The first kappa shape index (κ1) is 12.0. The minimum Gasteiger partial charge on any atom is -0.299 e. The molecule has 1 aliphatic carbocycles. The van der Waals surface area contributed by atoms with Gasteiger partial charge in [0.25, 0.3) is 0 Å². The highest BCUT2D eigenvalue weighted by Gasteiger charge is 2.19. The van der Waals surface area contributed by atoms with Crippen molar-refractivity contribution in [2.45, 2.75) is 51.4 Å². The molecule has 1 rings (SSSR count). The second-order valence-corrected chi connectivity index (χ2v) is 4.31. The van der Waals surface area contributed by atoms with Crippen LogP contribution in [0.5, 0.6) is 0 Å². The third-order valence-corrected chi connectivity index (χ3v) is 2.93. The Morgan fingerprint density at radius 1 is 1.20 bits per heavy atom. The van der Waals surface area contributed by atoms with E-state index < -0.39 is 0 Å². The van der Waals surface area contributed by atoms with Gasteiger partial charge in [0.05, 0.1) is 6.42 Å². The van der Waals surface area contributed by atoms with Gasteiger partial charge in [-0.1, -0.05) is 25.7 Å². The maximum atomic E-state index is 11.5. The lowest BCUT2D eigenvalue weighted by Gasteiger charge is -2.06. The highest BCUT2D eigenvalue weighted by atomic mass is 16.1. The van der Waals surface area contributed by atoms with Crippen molar-refractivity contribution in [1.29, 1.82) is 0 Å². The first-order valence-corrected chi connectivity index (χ1v) is 5.69. The molecule has 0 bridgehead atoms. The second-order valence-electron chi connectivity index (χ2n) is 4.31. The van der Waals surface area contributed by atoms with Crippen molar-refractivity contribution in [2.24, 2.45) is 5.92 Å². The lowest BCUT2D eigenvalue weighted by Crippen LogP contribution is -2.11. The Morgan fingerprint density at radius 2 is 1.87 bits per heavy atom. The average molecular weight is 206 g/mol. The predicted octanol–water partition coefficient (Wildman–Crippen LogP) is 2.51. The summed E-state index contributed by atoms with van der Waals surface area (Å²) >= 11 is 0. The van der Waals surface area contributed by atoms with Gasteiger partial charge < -0.3 is 0 Å². The van der Waals surface area contributed by atoms with Crippen LogP contribution >= 0.6 is 0 Å². The zero-order valence-electron chi connectivity index (χ0n) is 9.13. The molecule has 15 heavy (non-hydrogen) atoms. The van der Waals surface area contributed by atoms with Crippen LogP contribution in [0.2, 0.25) is 0 Å². The summed E-state index contributed by atoms with van der Waals surface area (Å²) in [7, 11) is 0. The lowest BCUT2D eigenvalue weighted by atomic mass is 9.98. The summed E-state index contributed by atoms with van der Waals surface area (Å²) in [6, 6.07) is 0. The van der Waals surface area contributed by atoms with Gasteiger partial charge in [-0.3, -0.25) is 9.59 Å². The molecule has 0 aromatic heterocycles. The smallest absolute Gasteiger partial charge is 0.141 e. The molecule has 0 spiro atoms. The van der Waals surface area contributed by atoms with Crippen LogP contribution in [-0.4, -0.2) is 11.6 Å². The zero-order valence-corrected chi connectivity index (χ0v) is 9.13. The molecule has 0 aliphatic heterocycles. The van der Waals surface area contributed by atoms with E-state index >= 15 is 0 Å². The fourth-order valence-electron chi connectivity index (χ4n) is 2.13. The largest absolute Gasteiger partial charge is 0.299 e. The van der Waals surface area contributed by atoms with Crippen LogP contribution in [0.4, 0.5) is 0 Å². The number of carbonyl (C=O) groups is 2. The van der Waals surface area contributed by atoms with Crippen molar-refractivity contribution in [2.75, 3.05) is 0 Å². The van der Waals surface area contributed by atoms with Crippen LogP contribution in [-0.2, 0) is 9.59 Å². The molecule has 0 heterocycles. The van der Waals surface area contributed by atoms with Crippen molar-refractivity contribution in [3.05, 3.63) is 0 Å². The number of Topliss-reactive ketones (excluding diaryl/α,β-unsaturated/α-hetero) is 2. The lowest BCUT2D eigenvalue weighted by molar-refractivity contribution is -0.127. The monoisotopic (exact) mass is 206 g/mol. The first-order valence-electron chi connectivity index (χ1n) is 5.69. The maximum absolute atomic E-state index is 11.5. The van der Waals surface area contributed by atoms with Gasteiger partial charge in [0, 0.05) is 19.3 Å². The van der Waals surface area contributed by atoms with E-state index in [2.05, 4.69) is 5.92 Å². The molecule has 0 N–H and O–H groups in total. The Bertz CT molecular complexity index is 267. The maximum Gasteiger partial charge on any atom is 0.141 e. The van der Waals surface area contributed by atoms with Gasteiger partial charge in [-0.15, -0.1) is 12.3 Å². The molecule has 0 radical (unpaired) electrons. The molecule has 0 atom stereocenters. The molecule has 0 saturated heterocycles. The van der Waals surface area contributed by atoms with E-state index in [0.29, 0.717) is 25.2 Å². The summed E-state index contributed by atoms with van der Waals surface area (Å²) < 4.78 is 0. The van der Waals surface area contributed by atoms with Crippen LogP contribution in [0, 0.1) is 18.3 Å². The highest BCUT2D eigenvalue weighted by Crippen LogP contribution is 2.27. The second kappa shape index (κ2) is 6.40. The van der Waals surface area contributed by atoms with Crippen molar-refractivity contribution in [3.63, 3.8) is 0 Å². The molecule has 1 fully saturated rings. The van der Waals surface area contributed by atoms with E-state index in [0.717, 1.165) is 12.8 Å². The summed E-state index contributed by atoms with van der Waals surface area (Å²) in [5.74, 6) is 3.05. The fraction of sp³-hybridized carbons (Fsp3) is 0.692. The van der Waals surface area contributed by atoms with Crippen molar-refractivity contribution >= 4 is 11.6 Å². The van der Waals surface area contributed by atoms with Crippen LogP contribution < -0.4 is 0 Å². The molecule has 1 aliphatic rings. The summed E-state index contributed by atoms with van der Waals surface area (Å²) in [5, 5.41) is 0. The fourth-order valence-corrected chi connectivity index (χ4v) is 2.13. The summed E-state index contributed by atoms with van der Waals surface area (Å²) in [6.07, 6.45) is 11.3. The number of ketones is 2. The Morgan fingerprint density at radius 3 is 2.47 bits per heavy atom. The number of terminal acetylenes is 1. The molecule has 0 amide bonds. The summed E-state index contributed by atoms with van der Waals surface area (Å²) in [6.45, 7) is 0. The number of hydrogen-bond donors (Lipinski definition) is 0. The van der Waals surface area contributed by atoms with E-state index in [9.17, 15) is 9.59 Å². The van der Waals surface area contributed by atoms with Crippen LogP contribution in [0.1, 0.15) is 51.4 Å². The molecule has 0 aromatic carbocycles. The molecule has 2 heteroatoms. The van der Waals surface area contributed by atoms with Gasteiger partial charge in [-0.2, -0.15) is 0 Å². The Balaban J connectivity index is 2.17. The quantitative estimate of drug-likeness (QED) is 0.494. The van der Waals surface area contributed by atoms with Gasteiger partial charge in [0.15, 0.2) is 0 Å². The van der Waals surface area contributed by atoms with E-state index in [1.54, 1.807) is 0 Å². The molecule has 0 aromatic rings. The summed E-state index contributed by atoms with van der Waals surface area (Å²) in [4.78, 5) is 22.8. The van der Waals surface area contributed by atoms with E-state index in [-0.39, 0.29) is 18.0 Å². The molecular weight excluding hydrogens is 188 g/mol. The van der Waals surface area contributed by atoms with Gasteiger partial charge >= 0.3 is 0 Å². The zero-order chi connectivity index (χ0) is 11.1. The van der Waals surface area contributed by atoms with Crippen LogP contribution in [0.25, 0.3) is 0 Å². The minimum atomic E-state index is -0.00375. The van der Waals surface area contributed by atoms with Gasteiger partial charge in [0.1, 0.15) is 11.6 Å². The van der Waals surface area contributed by atoms with Crippen molar-refractivity contribution in [1.82, 2.24) is 0 Å².